The van der Waals surface area contributed by atoms with Crippen LogP contribution in [0.4, 0.5) is 8.78 Å². The molecule has 1 spiro atoms. The van der Waals surface area contributed by atoms with Crippen molar-refractivity contribution >= 4 is 22.6 Å². The summed E-state index contributed by atoms with van der Waals surface area (Å²) in [6, 6.07) is 19.9. The first-order chi connectivity index (χ1) is 16.0. The van der Waals surface area contributed by atoms with Crippen LogP contribution in [0.3, 0.4) is 0 Å². The highest BCUT2D eigenvalue weighted by molar-refractivity contribution is 14.1. The van der Waals surface area contributed by atoms with E-state index >= 15 is 0 Å². The van der Waals surface area contributed by atoms with Crippen LogP contribution in [0.1, 0.15) is 48.3 Å². The SMILES string of the molecule is Fc1ccc(C(CCCN2CCC3(CC2)Cc2cc(I)ccc2O3)c2ccc(F)cc2)cc1. The molecule has 0 aromatic heterocycles. The number of halogens is 3. The Morgan fingerprint density at radius 1 is 0.879 bits per heavy atom. The Morgan fingerprint density at radius 3 is 2.09 bits per heavy atom. The average Bonchev–Trinajstić information content (AvgIpc) is 3.16. The molecule has 0 amide bonds. The number of benzene rings is 3. The van der Waals surface area contributed by atoms with Crippen LogP contribution in [0.2, 0.25) is 0 Å². The summed E-state index contributed by atoms with van der Waals surface area (Å²) in [6.07, 6.45) is 5.10. The summed E-state index contributed by atoms with van der Waals surface area (Å²) in [7, 11) is 0. The Kier molecular flexibility index (Phi) is 6.70. The Labute approximate surface area is 208 Å². The van der Waals surface area contributed by atoms with Crippen LogP contribution >= 0.6 is 22.6 Å². The molecule has 2 nitrogen and oxygen atoms in total. The van der Waals surface area contributed by atoms with E-state index in [9.17, 15) is 8.78 Å². The molecule has 2 aliphatic rings. The van der Waals surface area contributed by atoms with Gasteiger partial charge in [-0.3, -0.25) is 0 Å². The molecule has 172 valence electrons. The molecule has 1 fully saturated rings. The maximum atomic E-state index is 13.5. The first kappa shape index (κ1) is 22.8. The lowest BCUT2D eigenvalue weighted by molar-refractivity contribution is 0.0190. The Balaban J connectivity index is 1.18. The van der Waals surface area contributed by atoms with Crippen LogP contribution < -0.4 is 4.74 Å². The number of nitrogens with zero attached hydrogens (tertiary/aromatic N) is 1. The van der Waals surface area contributed by atoms with Crippen LogP contribution in [-0.4, -0.2) is 30.1 Å². The summed E-state index contributed by atoms with van der Waals surface area (Å²) in [5, 5.41) is 0. The average molecular weight is 559 g/mol. The number of hydrogen-bond donors (Lipinski definition) is 0. The number of likely N-dealkylation sites (tertiary alicyclic amines) is 1. The maximum Gasteiger partial charge on any atom is 0.123 e. The fourth-order valence-corrected chi connectivity index (χ4v) is 5.86. The lowest BCUT2D eigenvalue weighted by Gasteiger charge is -2.38. The second-order valence-corrected chi connectivity index (χ2v) is 10.6. The molecule has 0 radical (unpaired) electrons. The lowest BCUT2D eigenvalue weighted by atomic mass is 9.86. The zero-order valence-corrected chi connectivity index (χ0v) is 20.7. The van der Waals surface area contributed by atoms with E-state index in [1.54, 1.807) is 0 Å². The Morgan fingerprint density at radius 2 is 1.48 bits per heavy atom. The number of fused-ring (bicyclic) bond motifs is 1. The molecule has 0 saturated carbocycles. The van der Waals surface area contributed by atoms with E-state index in [0.717, 1.165) is 68.6 Å². The molecule has 0 N–H and O–H groups in total. The fraction of sp³-hybridized carbons (Fsp3) is 0.357. The first-order valence-electron chi connectivity index (χ1n) is 11.7. The van der Waals surface area contributed by atoms with Crippen LogP contribution in [0.15, 0.2) is 66.7 Å². The largest absolute Gasteiger partial charge is 0.487 e. The van der Waals surface area contributed by atoms with Crippen molar-refractivity contribution in [2.24, 2.45) is 0 Å². The van der Waals surface area contributed by atoms with Crippen molar-refractivity contribution in [3.63, 3.8) is 0 Å². The third-order valence-electron chi connectivity index (χ3n) is 7.14. The summed E-state index contributed by atoms with van der Waals surface area (Å²) in [4.78, 5) is 2.54. The van der Waals surface area contributed by atoms with E-state index in [1.165, 1.54) is 33.4 Å². The number of piperidine rings is 1. The number of hydrogen-bond acceptors (Lipinski definition) is 2. The van der Waals surface area contributed by atoms with Gasteiger partial charge in [0.1, 0.15) is 23.0 Å². The second-order valence-electron chi connectivity index (χ2n) is 9.35. The summed E-state index contributed by atoms with van der Waals surface area (Å²) < 4.78 is 34.6. The van der Waals surface area contributed by atoms with Gasteiger partial charge in [-0.2, -0.15) is 0 Å². The molecule has 2 heterocycles. The summed E-state index contributed by atoms with van der Waals surface area (Å²) >= 11 is 2.37. The Hall–Kier alpha value is -1.99. The molecule has 3 aromatic rings. The van der Waals surface area contributed by atoms with Gasteiger partial charge >= 0.3 is 0 Å². The van der Waals surface area contributed by atoms with E-state index in [0.29, 0.717) is 0 Å². The van der Waals surface area contributed by atoms with Gasteiger partial charge < -0.3 is 9.64 Å². The molecule has 0 unspecified atom stereocenters. The monoisotopic (exact) mass is 559 g/mol. The minimum absolute atomic E-state index is 0.0337. The molecule has 1 saturated heterocycles. The Bertz CT molecular complexity index is 1050. The van der Waals surface area contributed by atoms with Crippen molar-refractivity contribution in [2.75, 3.05) is 19.6 Å². The van der Waals surface area contributed by atoms with Crippen LogP contribution in [0.25, 0.3) is 0 Å². The summed E-state index contributed by atoms with van der Waals surface area (Å²) in [5.74, 6) is 0.734. The van der Waals surface area contributed by atoms with Gasteiger partial charge in [-0.05, 0) is 101 Å². The van der Waals surface area contributed by atoms with E-state index in [-0.39, 0.29) is 23.2 Å². The minimum Gasteiger partial charge on any atom is -0.487 e. The molecule has 0 atom stereocenters. The molecule has 0 bridgehead atoms. The summed E-state index contributed by atoms with van der Waals surface area (Å²) in [5.41, 5.74) is 3.46. The van der Waals surface area contributed by atoms with Crippen molar-refractivity contribution in [2.45, 2.75) is 43.6 Å². The molecule has 5 heteroatoms. The smallest absolute Gasteiger partial charge is 0.123 e. The molecule has 2 aliphatic heterocycles. The third-order valence-corrected chi connectivity index (χ3v) is 7.81. The van der Waals surface area contributed by atoms with E-state index in [1.807, 2.05) is 24.3 Å². The normalized spacial score (nSPS) is 17.3. The van der Waals surface area contributed by atoms with Crippen LogP contribution in [0.5, 0.6) is 5.75 Å². The van der Waals surface area contributed by atoms with Gasteiger partial charge in [0.15, 0.2) is 0 Å². The van der Waals surface area contributed by atoms with Gasteiger partial charge in [0, 0.05) is 41.8 Å². The van der Waals surface area contributed by atoms with E-state index in [2.05, 4.69) is 45.7 Å². The van der Waals surface area contributed by atoms with Crippen LogP contribution in [0, 0.1) is 15.2 Å². The number of rotatable bonds is 6. The predicted molar refractivity (Wildman–Crippen MR) is 136 cm³/mol. The molecular formula is C28H28F2INO. The van der Waals surface area contributed by atoms with Gasteiger partial charge in [0.25, 0.3) is 0 Å². The highest BCUT2D eigenvalue weighted by Gasteiger charge is 2.41. The maximum absolute atomic E-state index is 13.5. The molecule has 0 aliphatic carbocycles. The molecule has 33 heavy (non-hydrogen) atoms. The fourth-order valence-electron chi connectivity index (χ4n) is 5.30. The number of ether oxygens (including phenoxy) is 1. The molecular weight excluding hydrogens is 531 g/mol. The third kappa shape index (κ3) is 5.24. The summed E-state index contributed by atoms with van der Waals surface area (Å²) in [6.45, 7) is 3.12. The van der Waals surface area contributed by atoms with Gasteiger partial charge in [0.05, 0.1) is 0 Å². The van der Waals surface area contributed by atoms with E-state index in [4.69, 9.17) is 4.74 Å². The predicted octanol–water partition coefficient (Wildman–Crippen LogP) is 6.95. The van der Waals surface area contributed by atoms with Crippen LogP contribution in [-0.2, 0) is 6.42 Å². The van der Waals surface area contributed by atoms with Gasteiger partial charge in [-0.15, -0.1) is 0 Å². The van der Waals surface area contributed by atoms with Crippen molar-refractivity contribution in [3.05, 3.63) is 98.6 Å². The zero-order chi connectivity index (χ0) is 22.8. The zero-order valence-electron chi connectivity index (χ0n) is 18.6. The van der Waals surface area contributed by atoms with Crippen molar-refractivity contribution < 1.29 is 13.5 Å². The first-order valence-corrected chi connectivity index (χ1v) is 12.8. The quantitative estimate of drug-likeness (QED) is 0.303. The van der Waals surface area contributed by atoms with Crippen molar-refractivity contribution in [3.8, 4) is 5.75 Å². The molecule has 3 aromatic carbocycles. The van der Waals surface area contributed by atoms with E-state index < -0.39 is 0 Å². The lowest BCUT2D eigenvalue weighted by Crippen LogP contribution is -2.47. The van der Waals surface area contributed by atoms with Crippen molar-refractivity contribution in [1.82, 2.24) is 4.90 Å². The van der Waals surface area contributed by atoms with Gasteiger partial charge in [-0.25, -0.2) is 8.78 Å². The van der Waals surface area contributed by atoms with Crippen molar-refractivity contribution in [1.29, 1.82) is 0 Å². The highest BCUT2D eigenvalue weighted by atomic mass is 127. The standard InChI is InChI=1S/C28H28F2INO/c29-23-7-3-20(4-8-23)26(21-5-9-24(30)10-6-21)2-1-15-32-16-13-28(14-17-32)19-22-18-25(31)11-12-27(22)33-28/h3-12,18,26H,1-2,13-17,19H2. The molecule has 5 rings (SSSR count). The topological polar surface area (TPSA) is 12.5 Å². The highest BCUT2D eigenvalue weighted by Crippen LogP contribution is 2.41. The van der Waals surface area contributed by atoms with Gasteiger partial charge in [-0.1, -0.05) is 24.3 Å². The minimum atomic E-state index is -0.232. The second kappa shape index (κ2) is 9.71. The van der Waals surface area contributed by atoms with Gasteiger partial charge in [0.2, 0.25) is 0 Å².